The second kappa shape index (κ2) is 6.85. The van der Waals surface area contributed by atoms with Gasteiger partial charge in [-0.2, -0.15) is 0 Å². The van der Waals surface area contributed by atoms with Crippen LogP contribution >= 0.6 is 0 Å². The first-order valence-electron chi connectivity index (χ1n) is 5.43. The third kappa shape index (κ3) is 3.68. The topological polar surface area (TPSA) is 30.5 Å². The van der Waals surface area contributed by atoms with Crippen LogP contribution in [0.2, 0.25) is 0 Å². The van der Waals surface area contributed by atoms with Crippen LogP contribution in [0.15, 0.2) is 11.8 Å². The van der Waals surface area contributed by atoms with E-state index in [-0.39, 0.29) is 6.04 Å². The first kappa shape index (κ1) is 11.5. The van der Waals surface area contributed by atoms with E-state index < -0.39 is 0 Å². The molecule has 1 aliphatic heterocycles. The second-order valence-corrected chi connectivity index (χ2v) is 3.56. The summed E-state index contributed by atoms with van der Waals surface area (Å²) in [6, 6.07) is 0.236. The first-order valence-corrected chi connectivity index (χ1v) is 5.43. The second-order valence-electron chi connectivity index (χ2n) is 3.56. The summed E-state index contributed by atoms with van der Waals surface area (Å²) < 4.78 is 10.8. The van der Waals surface area contributed by atoms with Crippen molar-refractivity contribution in [1.82, 2.24) is 5.32 Å². The molecule has 0 fully saturated rings. The number of ether oxygens (including phenoxy) is 2. The van der Waals surface area contributed by atoms with E-state index in [4.69, 9.17) is 9.47 Å². The van der Waals surface area contributed by atoms with Gasteiger partial charge in [-0.15, -0.1) is 0 Å². The van der Waals surface area contributed by atoms with Crippen LogP contribution in [0.5, 0.6) is 0 Å². The van der Waals surface area contributed by atoms with Gasteiger partial charge in [0.25, 0.3) is 0 Å². The van der Waals surface area contributed by atoms with E-state index in [1.165, 1.54) is 0 Å². The fraction of sp³-hybridized carbons (Fsp3) is 0.818. The van der Waals surface area contributed by atoms with Gasteiger partial charge >= 0.3 is 0 Å². The molecule has 0 amide bonds. The fourth-order valence-corrected chi connectivity index (χ4v) is 1.55. The van der Waals surface area contributed by atoms with Gasteiger partial charge in [-0.05, 0) is 31.9 Å². The van der Waals surface area contributed by atoms with E-state index in [1.54, 1.807) is 7.11 Å². The molecular weight excluding hydrogens is 178 g/mol. The minimum absolute atomic E-state index is 0.236. The molecule has 82 valence electrons. The lowest BCUT2D eigenvalue weighted by Crippen LogP contribution is -2.37. The Balaban J connectivity index is 2.42. The molecular formula is C11H21NO2. The van der Waals surface area contributed by atoms with Crippen molar-refractivity contribution < 1.29 is 9.47 Å². The summed E-state index contributed by atoms with van der Waals surface area (Å²) in [5, 5.41) is 3.42. The van der Waals surface area contributed by atoms with E-state index in [0.29, 0.717) is 6.61 Å². The van der Waals surface area contributed by atoms with E-state index in [0.717, 1.165) is 38.2 Å². The molecule has 0 aromatic heterocycles. The summed E-state index contributed by atoms with van der Waals surface area (Å²) in [6.45, 7) is 4.70. The molecule has 0 aliphatic carbocycles. The minimum atomic E-state index is 0.236. The van der Waals surface area contributed by atoms with E-state index >= 15 is 0 Å². The van der Waals surface area contributed by atoms with Gasteiger partial charge in [-0.3, -0.25) is 0 Å². The molecule has 1 unspecified atom stereocenters. The molecule has 1 aliphatic rings. The maximum Gasteiger partial charge on any atom is 0.111 e. The zero-order valence-electron chi connectivity index (χ0n) is 9.21. The van der Waals surface area contributed by atoms with Gasteiger partial charge in [0, 0.05) is 7.11 Å². The van der Waals surface area contributed by atoms with E-state index in [1.807, 2.05) is 0 Å². The number of allylic oxidation sites excluding steroid dienone is 1. The van der Waals surface area contributed by atoms with Gasteiger partial charge in [0.1, 0.15) is 5.76 Å². The number of methoxy groups -OCH3 is 1. The first-order chi connectivity index (χ1) is 6.88. The molecule has 0 saturated carbocycles. The van der Waals surface area contributed by atoms with Crippen molar-refractivity contribution in [3.63, 3.8) is 0 Å². The van der Waals surface area contributed by atoms with Crippen LogP contribution in [-0.4, -0.2) is 32.9 Å². The third-order valence-corrected chi connectivity index (χ3v) is 2.28. The molecule has 1 atom stereocenters. The fourth-order valence-electron chi connectivity index (χ4n) is 1.55. The Kier molecular flexibility index (Phi) is 5.64. The van der Waals surface area contributed by atoms with Crippen LogP contribution in [-0.2, 0) is 9.47 Å². The third-order valence-electron chi connectivity index (χ3n) is 2.28. The van der Waals surface area contributed by atoms with Gasteiger partial charge in [0.05, 0.1) is 19.3 Å². The Labute approximate surface area is 86.5 Å². The summed E-state index contributed by atoms with van der Waals surface area (Å²) in [5.41, 5.74) is 0. The molecule has 0 saturated heterocycles. The molecule has 1 N–H and O–H groups in total. The lowest BCUT2D eigenvalue weighted by atomic mass is 10.1. The highest BCUT2D eigenvalue weighted by atomic mass is 16.5. The Morgan fingerprint density at radius 2 is 2.50 bits per heavy atom. The Morgan fingerprint density at radius 1 is 1.64 bits per heavy atom. The van der Waals surface area contributed by atoms with E-state index in [9.17, 15) is 0 Å². The van der Waals surface area contributed by atoms with Crippen molar-refractivity contribution in [2.45, 2.75) is 32.2 Å². The zero-order valence-corrected chi connectivity index (χ0v) is 9.21. The molecule has 0 spiro atoms. The Bertz CT molecular complexity index is 180. The highest BCUT2D eigenvalue weighted by Gasteiger charge is 2.16. The van der Waals surface area contributed by atoms with E-state index in [2.05, 4.69) is 18.3 Å². The molecule has 3 nitrogen and oxygen atoms in total. The Morgan fingerprint density at radius 3 is 3.07 bits per heavy atom. The average molecular weight is 199 g/mol. The summed E-state index contributed by atoms with van der Waals surface area (Å²) in [4.78, 5) is 0. The number of hydrogen-bond donors (Lipinski definition) is 1. The smallest absolute Gasteiger partial charge is 0.111 e. The zero-order chi connectivity index (χ0) is 10.2. The normalized spacial score (nSPS) is 18.6. The van der Waals surface area contributed by atoms with Crippen molar-refractivity contribution in [3.8, 4) is 0 Å². The lowest BCUT2D eigenvalue weighted by Gasteiger charge is -2.24. The Hall–Kier alpha value is -0.540. The van der Waals surface area contributed by atoms with Crippen molar-refractivity contribution >= 4 is 0 Å². The monoisotopic (exact) mass is 199 g/mol. The van der Waals surface area contributed by atoms with Crippen LogP contribution in [0.25, 0.3) is 0 Å². The molecule has 3 heteroatoms. The molecule has 0 aromatic carbocycles. The maximum atomic E-state index is 5.61. The SMILES string of the molecule is CCCNC(COC)C1=CCCCO1. The van der Waals surface area contributed by atoms with Crippen LogP contribution in [0.1, 0.15) is 26.2 Å². The summed E-state index contributed by atoms with van der Waals surface area (Å²) in [7, 11) is 1.73. The minimum Gasteiger partial charge on any atom is -0.497 e. The van der Waals surface area contributed by atoms with Crippen molar-refractivity contribution in [3.05, 3.63) is 11.8 Å². The van der Waals surface area contributed by atoms with Gasteiger partial charge in [-0.1, -0.05) is 6.92 Å². The van der Waals surface area contributed by atoms with Crippen LogP contribution in [0.3, 0.4) is 0 Å². The molecule has 1 heterocycles. The molecule has 0 aromatic rings. The average Bonchev–Trinajstić information content (AvgIpc) is 2.25. The van der Waals surface area contributed by atoms with Crippen molar-refractivity contribution in [1.29, 1.82) is 0 Å². The standard InChI is InChI=1S/C11H21NO2/c1-3-7-12-10(9-13-2)11-6-4-5-8-14-11/h6,10,12H,3-5,7-9H2,1-2H3. The quantitative estimate of drug-likeness (QED) is 0.706. The predicted octanol–water partition coefficient (Wildman–Crippen LogP) is 1.70. The highest BCUT2D eigenvalue weighted by Crippen LogP contribution is 2.13. The van der Waals surface area contributed by atoms with Crippen molar-refractivity contribution in [2.24, 2.45) is 0 Å². The van der Waals surface area contributed by atoms with Gasteiger partial charge in [0.2, 0.25) is 0 Å². The van der Waals surface area contributed by atoms with Gasteiger partial charge in [0.15, 0.2) is 0 Å². The van der Waals surface area contributed by atoms with Crippen molar-refractivity contribution in [2.75, 3.05) is 26.9 Å². The molecule has 0 radical (unpaired) electrons. The molecule has 0 bridgehead atoms. The van der Waals surface area contributed by atoms with Gasteiger partial charge < -0.3 is 14.8 Å². The number of hydrogen-bond acceptors (Lipinski definition) is 3. The maximum absolute atomic E-state index is 5.61. The summed E-state index contributed by atoms with van der Waals surface area (Å²) in [5.74, 6) is 1.06. The predicted molar refractivity (Wildman–Crippen MR) is 57.2 cm³/mol. The lowest BCUT2D eigenvalue weighted by molar-refractivity contribution is 0.118. The number of nitrogens with one attached hydrogen (secondary N) is 1. The summed E-state index contributed by atoms with van der Waals surface area (Å²) in [6.07, 6.45) is 5.57. The van der Waals surface area contributed by atoms with Crippen LogP contribution < -0.4 is 5.32 Å². The van der Waals surface area contributed by atoms with Crippen LogP contribution in [0, 0.1) is 0 Å². The highest BCUT2D eigenvalue weighted by molar-refractivity contribution is 5.05. The molecule has 14 heavy (non-hydrogen) atoms. The molecule has 1 rings (SSSR count). The summed E-state index contributed by atoms with van der Waals surface area (Å²) >= 11 is 0. The largest absolute Gasteiger partial charge is 0.497 e. The number of rotatable bonds is 6. The van der Waals surface area contributed by atoms with Crippen LogP contribution in [0.4, 0.5) is 0 Å². The van der Waals surface area contributed by atoms with Gasteiger partial charge in [-0.25, -0.2) is 0 Å².